The zero-order valence-corrected chi connectivity index (χ0v) is 18.0. The molecule has 0 unspecified atom stereocenters. The Balaban J connectivity index is 1.43. The molecule has 3 heterocycles. The number of nitrogens with one attached hydrogen (secondary N) is 1. The van der Waals surface area contributed by atoms with Crippen molar-refractivity contribution in [3.63, 3.8) is 0 Å². The molecule has 3 aromatic heterocycles. The molecule has 1 amide bonds. The predicted octanol–water partition coefficient (Wildman–Crippen LogP) is 5.73. The number of nitrogens with zero attached hydrogens (tertiary/aromatic N) is 4. The van der Waals surface area contributed by atoms with Crippen LogP contribution in [-0.4, -0.2) is 25.7 Å². The normalized spacial score (nSPS) is 11.3. The number of hydrogen-bond donors (Lipinski definition) is 1. The first kappa shape index (κ1) is 20.6. The van der Waals surface area contributed by atoms with E-state index in [4.69, 9.17) is 4.42 Å². The molecule has 0 aliphatic carbocycles. The number of oxazole rings is 1. The monoisotopic (exact) mass is 441 g/mol. The van der Waals surface area contributed by atoms with E-state index in [1.807, 2.05) is 30.7 Å². The molecular weight excluding hydrogens is 421 g/mol. The number of carbonyl (C=O) groups excluding carboxylic acids is 1. The molecular formula is C25H20FN5O2. The molecule has 0 fully saturated rings. The number of fused-ring (bicyclic) bond motifs is 1. The number of aromatic nitrogens is 4. The third kappa shape index (κ3) is 3.98. The van der Waals surface area contributed by atoms with Crippen LogP contribution in [0.4, 0.5) is 10.1 Å². The lowest BCUT2D eigenvalue weighted by Crippen LogP contribution is -2.13. The van der Waals surface area contributed by atoms with Crippen molar-refractivity contribution in [2.45, 2.75) is 19.9 Å². The van der Waals surface area contributed by atoms with Crippen LogP contribution in [0.25, 0.3) is 33.8 Å². The average molecular weight is 441 g/mol. The van der Waals surface area contributed by atoms with Crippen LogP contribution in [0, 0.1) is 5.82 Å². The van der Waals surface area contributed by atoms with E-state index in [-0.39, 0.29) is 17.8 Å². The van der Waals surface area contributed by atoms with Crippen molar-refractivity contribution in [2.24, 2.45) is 0 Å². The fraction of sp³-hybridized carbons (Fsp3) is 0.120. The Labute approximate surface area is 188 Å². The van der Waals surface area contributed by atoms with E-state index in [1.165, 1.54) is 12.1 Å². The fourth-order valence-electron chi connectivity index (χ4n) is 3.60. The van der Waals surface area contributed by atoms with Crippen molar-refractivity contribution < 1.29 is 13.6 Å². The summed E-state index contributed by atoms with van der Waals surface area (Å²) in [6.07, 6.45) is 4.90. The molecule has 7 nitrogen and oxygen atoms in total. The van der Waals surface area contributed by atoms with Crippen molar-refractivity contribution in [3.8, 4) is 22.8 Å². The minimum Gasteiger partial charge on any atom is -0.436 e. The van der Waals surface area contributed by atoms with Crippen molar-refractivity contribution in [1.29, 1.82) is 0 Å². The highest BCUT2D eigenvalue weighted by molar-refractivity contribution is 6.08. The number of hydrogen-bond acceptors (Lipinski definition) is 5. The minimum atomic E-state index is -0.329. The lowest BCUT2D eigenvalue weighted by atomic mass is 10.1. The Hall–Kier alpha value is -4.33. The number of benzene rings is 2. The van der Waals surface area contributed by atoms with E-state index in [0.717, 1.165) is 11.0 Å². The van der Waals surface area contributed by atoms with E-state index in [2.05, 4.69) is 20.4 Å². The van der Waals surface area contributed by atoms with Gasteiger partial charge < -0.3 is 9.73 Å². The van der Waals surface area contributed by atoms with Gasteiger partial charge in [0.2, 0.25) is 5.89 Å². The second-order valence-corrected chi connectivity index (χ2v) is 7.86. The molecule has 1 N–H and O–H groups in total. The molecule has 5 rings (SSSR count). The van der Waals surface area contributed by atoms with E-state index < -0.39 is 0 Å². The van der Waals surface area contributed by atoms with Gasteiger partial charge in [-0.1, -0.05) is 12.1 Å². The lowest BCUT2D eigenvalue weighted by molar-refractivity contribution is 0.102. The Morgan fingerprint density at radius 3 is 2.61 bits per heavy atom. The molecule has 2 aromatic carbocycles. The molecule has 0 saturated carbocycles. The molecule has 164 valence electrons. The summed E-state index contributed by atoms with van der Waals surface area (Å²) >= 11 is 0. The summed E-state index contributed by atoms with van der Waals surface area (Å²) in [5.74, 6) is 0.137. The highest BCUT2D eigenvalue weighted by Crippen LogP contribution is 2.29. The topological polar surface area (TPSA) is 85.8 Å². The van der Waals surface area contributed by atoms with Crippen LogP contribution in [0.2, 0.25) is 0 Å². The Morgan fingerprint density at radius 1 is 1.03 bits per heavy atom. The SMILES string of the molecule is CC(C)n1ncc2cc(NC(=O)c3ccccc3-c3ncc(-c4ccc(F)cc4)o3)cnc21. The van der Waals surface area contributed by atoms with Crippen LogP contribution in [0.5, 0.6) is 0 Å². The van der Waals surface area contributed by atoms with Gasteiger partial charge in [-0.2, -0.15) is 5.10 Å². The van der Waals surface area contributed by atoms with E-state index in [9.17, 15) is 9.18 Å². The Morgan fingerprint density at radius 2 is 1.82 bits per heavy atom. The number of carbonyl (C=O) groups is 1. The van der Waals surface area contributed by atoms with Gasteiger partial charge in [0.25, 0.3) is 5.91 Å². The van der Waals surface area contributed by atoms with Gasteiger partial charge in [0.1, 0.15) is 5.82 Å². The number of rotatable bonds is 5. The molecule has 0 spiro atoms. The molecule has 0 radical (unpaired) electrons. The molecule has 0 aliphatic rings. The third-order valence-electron chi connectivity index (χ3n) is 5.22. The van der Waals surface area contributed by atoms with Crippen molar-refractivity contribution >= 4 is 22.6 Å². The smallest absolute Gasteiger partial charge is 0.256 e. The van der Waals surface area contributed by atoms with Crippen molar-refractivity contribution in [2.75, 3.05) is 5.32 Å². The fourth-order valence-corrected chi connectivity index (χ4v) is 3.60. The van der Waals surface area contributed by atoms with Gasteiger partial charge >= 0.3 is 0 Å². The zero-order chi connectivity index (χ0) is 22.9. The van der Waals surface area contributed by atoms with E-state index in [1.54, 1.807) is 48.9 Å². The lowest BCUT2D eigenvalue weighted by Gasteiger charge is -2.09. The third-order valence-corrected chi connectivity index (χ3v) is 5.22. The molecule has 5 aromatic rings. The Kier molecular flexibility index (Phi) is 5.18. The van der Waals surface area contributed by atoms with Crippen LogP contribution in [0.3, 0.4) is 0 Å². The first-order valence-corrected chi connectivity index (χ1v) is 10.5. The molecule has 0 saturated heterocycles. The summed E-state index contributed by atoms with van der Waals surface area (Å²) in [5.41, 5.74) is 2.97. The first-order chi connectivity index (χ1) is 16.0. The van der Waals surface area contributed by atoms with E-state index >= 15 is 0 Å². The highest BCUT2D eigenvalue weighted by atomic mass is 19.1. The maximum absolute atomic E-state index is 13.2. The molecule has 0 bridgehead atoms. The largest absolute Gasteiger partial charge is 0.436 e. The van der Waals surface area contributed by atoms with Crippen LogP contribution in [-0.2, 0) is 0 Å². The van der Waals surface area contributed by atoms with E-state index in [0.29, 0.717) is 34.0 Å². The highest BCUT2D eigenvalue weighted by Gasteiger charge is 2.18. The van der Waals surface area contributed by atoms with Gasteiger partial charge in [0.15, 0.2) is 11.4 Å². The Bertz CT molecular complexity index is 1450. The van der Waals surface area contributed by atoms with Gasteiger partial charge in [-0.05, 0) is 56.3 Å². The van der Waals surface area contributed by atoms with Gasteiger partial charge in [0.05, 0.1) is 29.8 Å². The summed E-state index contributed by atoms with van der Waals surface area (Å²) < 4.78 is 20.9. The quantitative estimate of drug-likeness (QED) is 0.377. The van der Waals surface area contributed by atoms with Crippen LogP contribution >= 0.6 is 0 Å². The van der Waals surface area contributed by atoms with Crippen LogP contribution < -0.4 is 5.32 Å². The van der Waals surface area contributed by atoms with Gasteiger partial charge in [-0.15, -0.1) is 0 Å². The molecule has 0 aliphatic heterocycles. The summed E-state index contributed by atoms with van der Waals surface area (Å²) in [6, 6.07) is 15.0. The van der Waals surface area contributed by atoms with Crippen LogP contribution in [0.1, 0.15) is 30.2 Å². The first-order valence-electron chi connectivity index (χ1n) is 10.5. The van der Waals surface area contributed by atoms with Gasteiger partial charge in [-0.3, -0.25) is 4.79 Å². The number of amides is 1. The second kappa shape index (κ2) is 8.31. The zero-order valence-electron chi connectivity index (χ0n) is 18.0. The number of anilines is 1. The van der Waals surface area contributed by atoms with Gasteiger partial charge in [-0.25, -0.2) is 19.0 Å². The van der Waals surface area contributed by atoms with Crippen LogP contribution in [0.15, 0.2) is 77.6 Å². The number of halogens is 1. The summed E-state index contributed by atoms with van der Waals surface area (Å²) in [4.78, 5) is 21.9. The average Bonchev–Trinajstić information content (AvgIpc) is 3.47. The molecule has 0 atom stereocenters. The predicted molar refractivity (Wildman–Crippen MR) is 123 cm³/mol. The molecule has 33 heavy (non-hydrogen) atoms. The maximum atomic E-state index is 13.2. The number of pyridine rings is 1. The standard InChI is InChI=1S/C25H20FN5O2/c1-15(2)31-23-17(12-29-31)11-19(13-27-23)30-24(32)20-5-3-4-6-21(20)25-28-14-22(33-25)16-7-9-18(26)10-8-16/h3-15H,1-2H3,(H,30,32). The second-order valence-electron chi connectivity index (χ2n) is 7.86. The van der Waals surface area contributed by atoms with Crippen molar-refractivity contribution in [3.05, 3.63) is 84.6 Å². The van der Waals surface area contributed by atoms with Crippen molar-refractivity contribution in [1.82, 2.24) is 19.7 Å². The minimum absolute atomic E-state index is 0.183. The summed E-state index contributed by atoms with van der Waals surface area (Å²) in [5, 5.41) is 8.09. The maximum Gasteiger partial charge on any atom is 0.256 e. The van der Waals surface area contributed by atoms with Gasteiger partial charge in [0, 0.05) is 22.6 Å². The molecule has 8 heteroatoms. The summed E-state index contributed by atoms with van der Waals surface area (Å²) in [6.45, 7) is 4.07. The summed E-state index contributed by atoms with van der Waals surface area (Å²) in [7, 11) is 0.